The summed E-state index contributed by atoms with van der Waals surface area (Å²) in [6, 6.07) is 12.0. The molecule has 3 N–H and O–H groups in total. The van der Waals surface area contributed by atoms with Gasteiger partial charge in [-0.2, -0.15) is 0 Å². The number of nitrogens with two attached hydrogens (primary N) is 1. The van der Waals surface area contributed by atoms with Gasteiger partial charge in [0.25, 0.3) is 0 Å². The third-order valence-electron chi connectivity index (χ3n) is 2.59. The zero-order valence-corrected chi connectivity index (χ0v) is 13.3. The van der Waals surface area contributed by atoms with E-state index in [1.807, 2.05) is 36.4 Å². The van der Waals surface area contributed by atoms with Crippen LogP contribution in [0.3, 0.4) is 0 Å². The third kappa shape index (κ3) is 4.67. The van der Waals surface area contributed by atoms with Crippen LogP contribution in [0.2, 0.25) is 9.36 Å². The van der Waals surface area contributed by atoms with Gasteiger partial charge < -0.3 is 0 Å². The third-order valence-corrected chi connectivity index (χ3v) is 5.52. The Kier molecular flexibility index (Phi) is 6.01. The van der Waals surface area contributed by atoms with Crippen molar-refractivity contribution in [2.75, 3.05) is 5.75 Å². The van der Waals surface area contributed by atoms with Crippen molar-refractivity contribution in [2.24, 2.45) is 5.84 Å². The highest BCUT2D eigenvalue weighted by Gasteiger charge is 2.11. The molecule has 6 heteroatoms. The largest absolute Gasteiger partial charge is 0.271 e. The molecule has 0 aliphatic heterocycles. The summed E-state index contributed by atoms with van der Waals surface area (Å²) in [5.74, 6) is 6.46. The zero-order valence-electron chi connectivity index (χ0n) is 10.1. The maximum absolute atomic E-state index is 6.13. The van der Waals surface area contributed by atoms with E-state index in [9.17, 15) is 0 Å². The number of thioether (sulfide) groups is 1. The van der Waals surface area contributed by atoms with E-state index < -0.39 is 0 Å². The van der Waals surface area contributed by atoms with Gasteiger partial charge in [-0.25, -0.2) is 0 Å². The number of hydrogen-bond acceptors (Lipinski definition) is 4. The van der Waals surface area contributed by atoms with Crippen molar-refractivity contribution in [3.63, 3.8) is 0 Å². The van der Waals surface area contributed by atoms with Crippen molar-refractivity contribution in [3.05, 3.63) is 50.6 Å². The van der Waals surface area contributed by atoms with E-state index in [2.05, 4.69) is 5.43 Å². The van der Waals surface area contributed by atoms with Crippen LogP contribution in [-0.4, -0.2) is 11.8 Å². The van der Waals surface area contributed by atoms with Crippen LogP contribution in [0.5, 0.6) is 0 Å². The minimum atomic E-state index is 0.191. The molecule has 0 aliphatic rings. The van der Waals surface area contributed by atoms with Gasteiger partial charge >= 0.3 is 0 Å². The summed E-state index contributed by atoms with van der Waals surface area (Å²) in [7, 11) is 0. The van der Waals surface area contributed by atoms with Crippen molar-refractivity contribution in [1.82, 2.24) is 5.43 Å². The fourth-order valence-electron chi connectivity index (χ4n) is 1.62. The van der Waals surface area contributed by atoms with E-state index in [1.165, 1.54) is 4.88 Å². The molecule has 0 aliphatic carbocycles. The minimum absolute atomic E-state index is 0.191. The second-order valence-corrected chi connectivity index (χ2v) is 7.28. The fraction of sp³-hybridized carbons (Fsp3) is 0.231. The lowest BCUT2D eigenvalue weighted by Gasteiger charge is -2.14. The van der Waals surface area contributed by atoms with Crippen LogP contribution >= 0.6 is 46.3 Å². The molecule has 0 saturated carbocycles. The Balaban J connectivity index is 1.91. The molecular formula is C13H14Cl2N2S2. The van der Waals surface area contributed by atoms with Gasteiger partial charge in [0.2, 0.25) is 0 Å². The molecule has 0 spiro atoms. The van der Waals surface area contributed by atoms with Gasteiger partial charge in [-0.1, -0.05) is 35.3 Å². The highest BCUT2D eigenvalue weighted by atomic mass is 35.5. The minimum Gasteiger partial charge on any atom is -0.271 e. The molecule has 2 rings (SSSR count). The number of hydrazine groups is 1. The van der Waals surface area contributed by atoms with Crippen molar-refractivity contribution >= 4 is 46.3 Å². The Hall–Kier alpha value is -0.230. The van der Waals surface area contributed by atoms with Crippen LogP contribution in [-0.2, 0) is 6.42 Å². The highest BCUT2D eigenvalue weighted by molar-refractivity contribution is 7.99. The van der Waals surface area contributed by atoms with Gasteiger partial charge in [-0.15, -0.1) is 23.1 Å². The molecule has 1 unspecified atom stereocenters. The van der Waals surface area contributed by atoms with Crippen LogP contribution in [0, 0.1) is 0 Å². The molecule has 0 bridgehead atoms. The van der Waals surface area contributed by atoms with Crippen LogP contribution in [0.15, 0.2) is 41.3 Å². The summed E-state index contributed by atoms with van der Waals surface area (Å²) in [4.78, 5) is 2.31. The maximum Gasteiger partial charge on any atom is 0.0931 e. The normalized spacial score (nSPS) is 12.6. The lowest BCUT2D eigenvalue weighted by Crippen LogP contribution is -2.38. The summed E-state index contributed by atoms with van der Waals surface area (Å²) in [6.45, 7) is 0. The van der Waals surface area contributed by atoms with Crippen LogP contribution in [0.4, 0.5) is 0 Å². The summed E-state index contributed by atoms with van der Waals surface area (Å²) in [6.07, 6.45) is 0.866. The monoisotopic (exact) mass is 332 g/mol. The van der Waals surface area contributed by atoms with Crippen LogP contribution < -0.4 is 11.3 Å². The molecule has 2 aromatic rings. The van der Waals surface area contributed by atoms with Crippen molar-refractivity contribution in [2.45, 2.75) is 17.4 Å². The van der Waals surface area contributed by atoms with Gasteiger partial charge in [-0.3, -0.25) is 11.3 Å². The molecule has 0 fully saturated rings. The molecule has 0 amide bonds. The molecule has 1 heterocycles. The van der Waals surface area contributed by atoms with E-state index in [1.54, 1.807) is 23.1 Å². The average Bonchev–Trinajstić information content (AvgIpc) is 2.81. The molecule has 1 aromatic carbocycles. The quantitative estimate of drug-likeness (QED) is 0.472. The number of benzene rings is 1. The molecule has 0 saturated heterocycles. The molecule has 1 aromatic heterocycles. The Morgan fingerprint density at radius 1 is 1.21 bits per heavy atom. The first-order chi connectivity index (χ1) is 9.19. The maximum atomic E-state index is 6.13. The molecule has 0 radical (unpaired) electrons. The van der Waals surface area contributed by atoms with Crippen molar-refractivity contribution < 1.29 is 0 Å². The molecule has 2 nitrogen and oxygen atoms in total. The number of nitrogens with one attached hydrogen (secondary N) is 1. The second-order valence-electron chi connectivity index (χ2n) is 4.01. The second kappa shape index (κ2) is 7.53. The lowest BCUT2D eigenvalue weighted by molar-refractivity contribution is 0.579. The van der Waals surface area contributed by atoms with Gasteiger partial charge in [0, 0.05) is 21.6 Å². The lowest BCUT2D eigenvalue weighted by atomic mass is 10.2. The molecule has 102 valence electrons. The summed E-state index contributed by atoms with van der Waals surface area (Å²) >= 11 is 15.3. The van der Waals surface area contributed by atoms with E-state index in [0.29, 0.717) is 0 Å². The number of halogens is 2. The van der Waals surface area contributed by atoms with E-state index in [-0.39, 0.29) is 6.04 Å². The Morgan fingerprint density at radius 2 is 2.00 bits per heavy atom. The van der Waals surface area contributed by atoms with Crippen LogP contribution in [0.25, 0.3) is 0 Å². The van der Waals surface area contributed by atoms with Crippen molar-refractivity contribution in [1.29, 1.82) is 0 Å². The Labute approximate surface area is 131 Å². The highest BCUT2D eigenvalue weighted by Crippen LogP contribution is 2.28. The standard InChI is InChI=1S/C13H14Cl2N2S2/c14-11-3-1-2-4-12(11)18-8-9(17-16)7-10-5-6-13(15)19-10/h1-6,9,17H,7-8,16H2. The van der Waals surface area contributed by atoms with Crippen molar-refractivity contribution in [3.8, 4) is 0 Å². The zero-order chi connectivity index (χ0) is 13.7. The first-order valence-corrected chi connectivity index (χ1v) is 8.32. The number of hydrogen-bond donors (Lipinski definition) is 2. The van der Waals surface area contributed by atoms with E-state index in [0.717, 1.165) is 26.4 Å². The fourth-order valence-corrected chi connectivity index (χ4v) is 4.06. The topological polar surface area (TPSA) is 38.0 Å². The van der Waals surface area contributed by atoms with E-state index >= 15 is 0 Å². The predicted molar refractivity (Wildman–Crippen MR) is 86.3 cm³/mol. The van der Waals surface area contributed by atoms with Crippen LogP contribution in [0.1, 0.15) is 4.88 Å². The van der Waals surface area contributed by atoms with Gasteiger partial charge in [0.15, 0.2) is 0 Å². The van der Waals surface area contributed by atoms with Gasteiger partial charge in [0.1, 0.15) is 0 Å². The van der Waals surface area contributed by atoms with Gasteiger partial charge in [-0.05, 0) is 30.7 Å². The number of rotatable bonds is 6. The number of thiophene rings is 1. The smallest absolute Gasteiger partial charge is 0.0931 e. The summed E-state index contributed by atoms with van der Waals surface area (Å²) < 4.78 is 0.810. The Morgan fingerprint density at radius 3 is 2.63 bits per heavy atom. The van der Waals surface area contributed by atoms with Gasteiger partial charge in [0.05, 0.1) is 9.36 Å². The Bertz CT molecular complexity index is 531. The first-order valence-electron chi connectivity index (χ1n) is 5.76. The summed E-state index contributed by atoms with van der Waals surface area (Å²) in [5, 5.41) is 0.780. The average molecular weight is 333 g/mol. The predicted octanol–water partition coefficient (Wildman–Crippen LogP) is 4.22. The first kappa shape index (κ1) is 15.2. The molecular weight excluding hydrogens is 319 g/mol. The molecule has 19 heavy (non-hydrogen) atoms. The van der Waals surface area contributed by atoms with E-state index in [4.69, 9.17) is 29.0 Å². The molecule has 1 atom stereocenters. The summed E-state index contributed by atoms with van der Waals surface area (Å²) in [5.41, 5.74) is 2.85. The SMILES string of the molecule is NNC(CSc1ccccc1Cl)Cc1ccc(Cl)s1.